The summed E-state index contributed by atoms with van der Waals surface area (Å²) in [6.45, 7) is 4.24. The van der Waals surface area contributed by atoms with E-state index in [4.69, 9.17) is 5.26 Å². The van der Waals surface area contributed by atoms with Gasteiger partial charge in [-0.2, -0.15) is 5.26 Å². The van der Waals surface area contributed by atoms with E-state index in [1.165, 1.54) is 18.4 Å². The number of allylic oxidation sites excluding steroid dienone is 2. The van der Waals surface area contributed by atoms with Gasteiger partial charge in [0.15, 0.2) is 0 Å². The Morgan fingerprint density at radius 2 is 2.22 bits per heavy atom. The van der Waals surface area contributed by atoms with Crippen molar-refractivity contribution in [3.05, 3.63) is 11.6 Å². The van der Waals surface area contributed by atoms with Crippen LogP contribution in [0.2, 0.25) is 0 Å². The lowest BCUT2D eigenvalue weighted by atomic mass is 10.0. The van der Waals surface area contributed by atoms with Gasteiger partial charge in [0.25, 0.3) is 0 Å². The summed E-state index contributed by atoms with van der Waals surface area (Å²) in [6, 6.07) is 2.05. The molecule has 0 spiro atoms. The van der Waals surface area contributed by atoms with Gasteiger partial charge in [-0.1, -0.05) is 12.5 Å². The van der Waals surface area contributed by atoms with E-state index < -0.39 is 0 Å². The lowest BCUT2D eigenvalue weighted by Crippen LogP contribution is -1.92. The van der Waals surface area contributed by atoms with Crippen LogP contribution in [0.4, 0.5) is 0 Å². The molecule has 1 heteroatoms. The Balaban J connectivity index is 2.64. The third-order valence-corrected chi connectivity index (χ3v) is 2.23. The molecule has 0 aliphatic heterocycles. The summed E-state index contributed by atoms with van der Waals surface area (Å²) in [5.41, 5.74) is 1.64. The van der Waals surface area contributed by atoms with Crippen molar-refractivity contribution in [1.29, 1.82) is 5.26 Å². The van der Waals surface area contributed by atoms with Gasteiger partial charge in [0.2, 0.25) is 0 Å². The minimum Gasteiger partial charge on any atom is -0.193 e. The Hall–Kier alpha value is -0.770. The van der Waals surface area contributed by atoms with Crippen molar-refractivity contribution >= 4 is 0 Å². The van der Waals surface area contributed by atoms with Crippen molar-refractivity contribution in [1.82, 2.24) is 0 Å². The summed E-state index contributed by atoms with van der Waals surface area (Å²) in [6.07, 6.45) is 4.18. The van der Waals surface area contributed by atoms with Crippen molar-refractivity contribution in [2.24, 2.45) is 5.41 Å². The maximum Gasteiger partial charge on any atom is 0.0911 e. The molecule has 9 heavy (non-hydrogen) atoms. The zero-order valence-corrected chi connectivity index (χ0v) is 5.94. The molecule has 1 nitrogen and oxygen atoms in total. The number of rotatable bonds is 1. The van der Waals surface area contributed by atoms with Crippen LogP contribution in [-0.4, -0.2) is 0 Å². The minimum absolute atomic E-state index is 0.399. The first kappa shape index (κ1) is 6.35. The van der Waals surface area contributed by atoms with Crippen LogP contribution in [-0.2, 0) is 0 Å². The zero-order chi connectivity index (χ0) is 6.91. The molecule has 48 valence electrons. The highest BCUT2D eigenvalue weighted by Gasteiger charge is 2.38. The van der Waals surface area contributed by atoms with Crippen LogP contribution < -0.4 is 0 Å². The standard InChI is InChI=1S/C8H11N/c1-7(3-6-9)8(2)4-5-8/h3H,4-5H2,1-2H3. The van der Waals surface area contributed by atoms with Crippen LogP contribution in [0.15, 0.2) is 11.6 Å². The number of hydrogen-bond donors (Lipinski definition) is 0. The van der Waals surface area contributed by atoms with Gasteiger partial charge in [-0.3, -0.25) is 0 Å². The van der Waals surface area contributed by atoms with Gasteiger partial charge in [-0.05, 0) is 25.2 Å². The number of nitrogens with zero attached hydrogens (tertiary/aromatic N) is 1. The maximum absolute atomic E-state index is 8.30. The van der Waals surface area contributed by atoms with Crippen molar-refractivity contribution in [2.45, 2.75) is 26.7 Å². The third kappa shape index (κ3) is 1.13. The highest BCUT2D eigenvalue weighted by molar-refractivity contribution is 5.23. The first-order valence-corrected chi connectivity index (χ1v) is 3.26. The Morgan fingerprint density at radius 3 is 2.56 bits per heavy atom. The predicted molar refractivity (Wildman–Crippen MR) is 36.7 cm³/mol. The summed E-state index contributed by atoms with van der Waals surface area (Å²) in [7, 11) is 0. The monoisotopic (exact) mass is 121 g/mol. The molecule has 1 aliphatic carbocycles. The first-order chi connectivity index (χ1) is 4.19. The van der Waals surface area contributed by atoms with E-state index in [0.29, 0.717) is 5.41 Å². The highest BCUT2D eigenvalue weighted by atomic mass is 14.4. The topological polar surface area (TPSA) is 23.8 Å². The van der Waals surface area contributed by atoms with Crippen molar-refractivity contribution in [2.75, 3.05) is 0 Å². The zero-order valence-electron chi connectivity index (χ0n) is 5.94. The van der Waals surface area contributed by atoms with Gasteiger partial charge >= 0.3 is 0 Å². The van der Waals surface area contributed by atoms with Crippen LogP contribution in [0.1, 0.15) is 26.7 Å². The fourth-order valence-electron chi connectivity index (χ4n) is 0.853. The summed E-state index contributed by atoms with van der Waals surface area (Å²) in [4.78, 5) is 0. The smallest absolute Gasteiger partial charge is 0.0911 e. The van der Waals surface area contributed by atoms with Crippen LogP contribution >= 0.6 is 0 Å². The normalized spacial score (nSPS) is 23.0. The quantitative estimate of drug-likeness (QED) is 0.488. The van der Waals surface area contributed by atoms with Gasteiger partial charge < -0.3 is 0 Å². The van der Waals surface area contributed by atoms with E-state index in [1.54, 1.807) is 6.08 Å². The molecular formula is C8H11N. The molecule has 0 radical (unpaired) electrons. The molecule has 0 atom stereocenters. The molecule has 1 fully saturated rings. The molecular weight excluding hydrogens is 110 g/mol. The van der Waals surface area contributed by atoms with Gasteiger partial charge in [0.1, 0.15) is 0 Å². The van der Waals surface area contributed by atoms with Gasteiger partial charge in [0.05, 0.1) is 6.07 Å². The summed E-state index contributed by atoms with van der Waals surface area (Å²) in [5, 5.41) is 8.30. The average molecular weight is 121 g/mol. The van der Waals surface area contributed by atoms with E-state index in [1.807, 2.05) is 6.92 Å². The average Bonchev–Trinajstić information content (AvgIpc) is 2.50. The van der Waals surface area contributed by atoms with Gasteiger partial charge in [0, 0.05) is 6.08 Å². The van der Waals surface area contributed by atoms with Crippen LogP contribution in [0.5, 0.6) is 0 Å². The first-order valence-electron chi connectivity index (χ1n) is 3.26. The number of nitriles is 1. The minimum atomic E-state index is 0.399. The summed E-state index contributed by atoms with van der Waals surface area (Å²) >= 11 is 0. The van der Waals surface area contributed by atoms with E-state index >= 15 is 0 Å². The summed E-state index contributed by atoms with van der Waals surface area (Å²) in [5.74, 6) is 0. The maximum atomic E-state index is 8.30. The highest BCUT2D eigenvalue weighted by Crippen LogP contribution is 2.50. The number of hydrogen-bond acceptors (Lipinski definition) is 1. The second kappa shape index (κ2) is 1.88. The van der Waals surface area contributed by atoms with E-state index in [0.717, 1.165) is 0 Å². The molecule has 1 rings (SSSR count). The molecule has 0 heterocycles. The Bertz CT molecular complexity index is 179. The second-order valence-electron chi connectivity index (χ2n) is 3.02. The molecule has 0 aromatic rings. The molecule has 0 aromatic carbocycles. The Labute approximate surface area is 56.0 Å². The van der Waals surface area contributed by atoms with Crippen LogP contribution in [0.25, 0.3) is 0 Å². The fourth-order valence-corrected chi connectivity index (χ4v) is 0.853. The summed E-state index contributed by atoms with van der Waals surface area (Å²) < 4.78 is 0. The predicted octanol–water partition coefficient (Wildman–Crippen LogP) is 2.26. The molecule has 0 amide bonds. The van der Waals surface area contributed by atoms with Crippen molar-refractivity contribution in [3.8, 4) is 6.07 Å². The van der Waals surface area contributed by atoms with Crippen LogP contribution in [0.3, 0.4) is 0 Å². The van der Waals surface area contributed by atoms with E-state index in [9.17, 15) is 0 Å². The lowest BCUT2D eigenvalue weighted by molar-refractivity contribution is 0.690. The van der Waals surface area contributed by atoms with Gasteiger partial charge in [-0.15, -0.1) is 0 Å². The van der Waals surface area contributed by atoms with Crippen LogP contribution in [0, 0.1) is 16.7 Å². The lowest BCUT2D eigenvalue weighted by Gasteiger charge is -2.04. The molecule has 0 bridgehead atoms. The molecule has 1 saturated carbocycles. The van der Waals surface area contributed by atoms with Gasteiger partial charge in [-0.25, -0.2) is 0 Å². The molecule has 0 aromatic heterocycles. The molecule has 0 saturated heterocycles. The van der Waals surface area contributed by atoms with E-state index in [-0.39, 0.29) is 0 Å². The Kier molecular flexibility index (Phi) is 1.32. The third-order valence-electron chi connectivity index (χ3n) is 2.23. The Morgan fingerprint density at radius 1 is 1.67 bits per heavy atom. The van der Waals surface area contributed by atoms with E-state index in [2.05, 4.69) is 13.0 Å². The molecule has 0 N–H and O–H groups in total. The van der Waals surface area contributed by atoms with Crippen molar-refractivity contribution < 1.29 is 0 Å². The second-order valence-corrected chi connectivity index (χ2v) is 3.02. The molecule has 1 aliphatic rings. The van der Waals surface area contributed by atoms with Crippen molar-refractivity contribution in [3.63, 3.8) is 0 Å². The SMILES string of the molecule is CC(=CC#N)C1(C)CC1. The largest absolute Gasteiger partial charge is 0.193 e. The molecule has 0 unspecified atom stereocenters. The fraction of sp³-hybridized carbons (Fsp3) is 0.625.